The van der Waals surface area contributed by atoms with Crippen molar-refractivity contribution in [3.05, 3.63) is 23.0 Å². The van der Waals surface area contributed by atoms with Gasteiger partial charge in [-0.1, -0.05) is 45.8 Å². The third-order valence-corrected chi connectivity index (χ3v) is 4.88. The van der Waals surface area contributed by atoms with E-state index in [-0.39, 0.29) is 35.7 Å². The molecule has 0 aliphatic heterocycles. The van der Waals surface area contributed by atoms with Gasteiger partial charge in [0.2, 0.25) is 0 Å². The van der Waals surface area contributed by atoms with Gasteiger partial charge in [-0.05, 0) is 38.5 Å². The number of hydrogen-bond donors (Lipinski definition) is 1. The van der Waals surface area contributed by atoms with Gasteiger partial charge >= 0.3 is 0 Å². The van der Waals surface area contributed by atoms with Crippen LogP contribution in [0, 0.1) is 23.7 Å². The van der Waals surface area contributed by atoms with Crippen LogP contribution in [0.15, 0.2) is 23.0 Å². The van der Waals surface area contributed by atoms with Crippen LogP contribution < -0.4 is 0 Å². The van der Waals surface area contributed by atoms with Crippen molar-refractivity contribution in [1.82, 2.24) is 0 Å². The second-order valence-electron chi connectivity index (χ2n) is 8.49. The summed E-state index contributed by atoms with van der Waals surface area (Å²) in [6.07, 6.45) is 4.19. The molecule has 1 N–H and O–H groups in total. The van der Waals surface area contributed by atoms with Gasteiger partial charge in [0, 0.05) is 18.8 Å². The number of hydrogen-bond acceptors (Lipinski definition) is 4. The van der Waals surface area contributed by atoms with Gasteiger partial charge in [-0.3, -0.25) is 14.4 Å². The summed E-state index contributed by atoms with van der Waals surface area (Å²) in [7, 11) is 0. The van der Waals surface area contributed by atoms with Crippen molar-refractivity contribution >= 4 is 17.3 Å². The second-order valence-corrected chi connectivity index (χ2v) is 8.49. The van der Waals surface area contributed by atoms with E-state index in [9.17, 15) is 19.5 Å². The molecule has 2 atom stereocenters. The fourth-order valence-corrected chi connectivity index (χ4v) is 3.25. The van der Waals surface area contributed by atoms with Crippen LogP contribution >= 0.6 is 0 Å². The molecule has 4 heteroatoms. The predicted octanol–water partition coefficient (Wildman–Crippen LogP) is 4.98. The Morgan fingerprint density at radius 2 is 1.65 bits per heavy atom. The first-order valence-electron chi connectivity index (χ1n) is 9.72. The molecule has 26 heavy (non-hydrogen) atoms. The van der Waals surface area contributed by atoms with Crippen molar-refractivity contribution < 1.29 is 19.5 Å². The van der Waals surface area contributed by atoms with Crippen LogP contribution in [-0.2, 0) is 14.4 Å². The first kappa shape index (κ1) is 22.3. The van der Waals surface area contributed by atoms with Gasteiger partial charge in [0.25, 0.3) is 0 Å². The number of allylic oxidation sites excluding steroid dienone is 4. The summed E-state index contributed by atoms with van der Waals surface area (Å²) >= 11 is 0. The first-order chi connectivity index (χ1) is 12.1. The number of carbonyl (C=O) groups excluding carboxylic acids is 3. The molecule has 0 radical (unpaired) electrons. The van der Waals surface area contributed by atoms with Crippen LogP contribution in [-0.4, -0.2) is 22.5 Å². The van der Waals surface area contributed by atoms with E-state index in [1.165, 1.54) is 0 Å². The SMILES string of the molecule is CC(C)=CCC(=O)C1C(=O)C(C(=O)CCC(C)C)=C(O)[C@H]1CCC(C)C. The Kier molecular flexibility index (Phi) is 8.45. The highest BCUT2D eigenvalue weighted by atomic mass is 16.3. The number of ketones is 3. The van der Waals surface area contributed by atoms with Crippen LogP contribution in [0.4, 0.5) is 0 Å². The van der Waals surface area contributed by atoms with Crippen molar-refractivity contribution in [2.45, 2.75) is 73.6 Å². The fourth-order valence-electron chi connectivity index (χ4n) is 3.25. The molecule has 0 aromatic heterocycles. The highest BCUT2D eigenvalue weighted by Crippen LogP contribution is 2.39. The largest absolute Gasteiger partial charge is 0.511 e. The summed E-state index contributed by atoms with van der Waals surface area (Å²) in [4.78, 5) is 38.1. The molecule has 4 nitrogen and oxygen atoms in total. The molecule has 1 unspecified atom stereocenters. The molecule has 146 valence electrons. The van der Waals surface area contributed by atoms with Gasteiger partial charge in [-0.25, -0.2) is 0 Å². The summed E-state index contributed by atoms with van der Waals surface area (Å²) in [6, 6.07) is 0. The lowest BCUT2D eigenvalue weighted by molar-refractivity contribution is -0.131. The lowest BCUT2D eigenvalue weighted by atomic mass is 9.83. The van der Waals surface area contributed by atoms with E-state index < -0.39 is 17.6 Å². The number of rotatable bonds is 10. The van der Waals surface area contributed by atoms with Gasteiger partial charge in [0.15, 0.2) is 11.6 Å². The molecule has 0 saturated carbocycles. The summed E-state index contributed by atoms with van der Waals surface area (Å²) in [5.74, 6) is -1.89. The lowest BCUT2D eigenvalue weighted by Gasteiger charge is -2.18. The summed E-state index contributed by atoms with van der Waals surface area (Å²) in [5.41, 5.74) is 0.892. The van der Waals surface area contributed by atoms with Crippen molar-refractivity contribution in [2.75, 3.05) is 0 Å². The molecule has 0 aromatic rings. The Balaban J connectivity index is 3.10. The number of aliphatic hydroxyl groups is 1. The number of Topliss-reactive ketones (excluding diaryl/α,β-unsaturated/α-hetero) is 3. The number of carbonyl (C=O) groups is 3. The molecule has 0 fully saturated rings. The van der Waals surface area contributed by atoms with Gasteiger partial charge in [0.05, 0.1) is 11.5 Å². The maximum atomic E-state index is 12.9. The van der Waals surface area contributed by atoms with Gasteiger partial charge in [-0.2, -0.15) is 0 Å². The standard InChI is InChI=1S/C22H34O4/c1-13(2)7-10-16-19(17(23)11-8-14(3)4)22(26)20(21(16)25)18(24)12-9-15(5)6/h8,13,15-16,19,25H,7,9-12H2,1-6H3/t16-,19?/m0/s1. The zero-order valence-electron chi connectivity index (χ0n) is 17.1. The van der Waals surface area contributed by atoms with Crippen LogP contribution in [0.3, 0.4) is 0 Å². The Hall–Kier alpha value is -1.71. The topological polar surface area (TPSA) is 71.4 Å². The molecular formula is C22H34O4. The van der Waals surface area contributed by atoms with Crippen LogP contribution in [0.25, 0.3) is 0 Å². The Morgan fingerprint density at radius 1 is 1.08 bits per heavy atom. The Bertz CT molecular complexity index is 604. The van der Waals surface area contributed by atoms with Crippen molar-refractivity contribution in [3.8, 4) is 0 Å². The van der Waals surface area contributed by atoms with Gasteiger partial charge < -0.3 is 5.11 Å². The summed E-state index contributed by atoms with van der Waals surface area (Å²) < 4.78 is 0. The smallest absolute Gasteiger partial charge is 0.181 e. The maximum absolute atomic E-state index is 12.9. The van der Waals surface area contributed by atoms with Crippen molar-refractivity contribution in [2.24, 2.45) is 23.7 Å². The highest BCUT2D eigenvalue weighted by Gasteiger charge is 2.47. The van der Waals surface area contributed by atoms with Crippen LogP contribution in [0.5, 0.6) is 0 Å². The molecule has 1 rings (SSSR count). The minimum atomic E-state index is -0.914. The van der Waals surface area contributed by atoms with E-state index in [1.807, 2.05) is 27.7 Å². The molecule has 1 aliphatic rings. The van der Waals surface area contributed by atoms with E-state index in [0.717, 1.165) is 12.0 Å². The molecule has 0 spiro atoms. The minimum absolute atomic E-state index is 0.116. The van der Waals surface area contributed by atoms with E-state index in [1.54, 1.807) is 6.08 Å². The lowest BCUT2D eigenvalue weighted by Crippen LogP contribution is -2.28. The van der Waals surface area contributed by atoms with Crippen LogP contribution in [0.2, 0.25) is 0 Å². The normalized spacial score (nSPS) is 20.2. The van der Waals surface area contributed by atoms with E-state index in [4.69, 9.17) is 0 Å². The molecular weight excluding hydrogens is 328 g/mol. The minimum Gasteiger partial charge on any atom is -0.511 e. The van der Waals surface area contributed by atoms with Gasteiger partial charge in [0.1, 0.15) is 11.5 Å². The quantitative estimate of drug-likeness (QED) is 0.338. The first-order valence-corrected chi connectivity index (χ1v) is 9.72. The zero-order valence-corrected chi connectivity index (χ0v) is 17.1. The van der Waals surface area contributed by atoms with Gasteiger partial charge in [-0.15, -0.1) is 0 Å². The molecule has 0 amide bonds. The molecule has 0 saturated heterocycles. The average Bonchev–Trinajstić information content (AvgIpc) is 2.78. The third kappa shape index (κ3) is 5.93. The Labute approximate surface area is 157 Å². The molecule has 0 heterocycles. The van der Waals surface area contributed by atoms with Crippen molar-refractivity contribution in [3.63, 3.8) is 0 Å². The zero-order chi connectivity index (χ0) is 20.0. The van der Waals surface area contributed by atoms with E-state index in [2.05, 4.69) is 13.8 Å². The summed E-state index contributed by atoms with van der Waals surface area (Å²) in [5, 5.41) is 10.6. The third-order valence-electron chi connectivity index (χ3n) is 4.88. The fraction of sp³-hybridized carbons (Fsp3) is 0.682. The Morgan fingerprint density at radius 3 is 2.15 bits per heavy atom. The summed E-state index contributed by atoms with van der Waals surface area (Å²) in [6.45, 7) is 11.9. The molecule has 1 aliphatic carbocycles. The molecule has 0 aromatic carbocycles. The van der Waals surface area contributed by atoms with E-state index >= 15 is 0 Å². The van der Waals surface area contributed by atoms with Crippen LogP contribution in [0.1, 0.15) is 73.6 Å². The van der Waals surface area contributed by atoms with E-state index in [0.29, 0.717) is 24.7 Å². The maximum Gasteiger partial charge on any atom is 0.181 e. The predicted molar refractivity (Wildman–Crippen MR) is 104 cm³/mol. The highest BCUT2D eigenvalue weighted by molar-refractivity contribution is 6.27. The second kappa shape index (κ2) is 9.84. The average molecular weight is 363 g/mol. The number of aliphatic hydroxyl groups excluding tert-OH is 1. The van der Waals surface area contributed by atoms with Crippen molar-refractivity contribution in [1.29, 1.82) is 0 Å². The monoisotopic (exact) mass is 362 g/mol. The molecule has 0 bridgehead atoms.